The van der Waals surface area contributed by atoms with Crippen LogP contribution in [0, 0.1) is 0 Å². The molecule has 0 fully saturated rings. The van der Waals surface area contributed by atoms with Gasteiger partial charge in [-0.05, 0) is 6.07 Å². The van der Waals surface area contributed by atoms with Crippen LogP contribution in [0.5, 0.6) is 5.75 Å². The maximum atomic E-state index is 12.6. The summed E-state index contributed by atoms with van der Waals surface area (Å²) in [4.78, 5) is 13.9. The van der Waals surface area contributed by atoms with Gasteiger partial charge in [0.25, 0.3) is 6.43 Å². The summed E-state index contributed by atoms with van der Waals surface area (Å²) in [5, 5.41) is 8.67. The molecule has 0 aliphatic rings. The molecule has 10 heteroatoms. The molecule has 0 radical (unpaired) electrons. The van der Waals surface area contributed by atoms with Crippen LogP contribution < -0.4 is 4.74 Å². The predicted molar refractivity (Wildman–Crippen MR) is 52.4 cm³/mol. The van der Waals surface area contributed by atoms with E-state index in [0.717, 1.165) is 0 Å². The third kappa shape index (κ3) is 3.91. The molecule has 0 saturated carbocycles. The van der Waals surface area contributed by atoms with Crippen molar-refractivity contribution in [2.24, 2.45) is 0 Å². The number of ether oxygens (including phenoxy) is 1. The van der Waals surface area contributed by atoms with Crippen LogP contribution in [-0.2, 0) is 5.88 Å². The molecule has 1 N–H and O–H groups in total. The molecule has 0 spiro atoms. The number of aromatic nitrogens is 1. The molecule has 106 valence electrons. The second-order valence-electron chi connectivity index (χ2n) is 3.16. The summed E-state index contributed by atoms with van der Waals surface area (Å²) in [5.74, 6) is -3.75. The Bertz CT molecular complexity index is 491. The monoisotopic (exact) mass is 305 g/mol. The van der Waals surface area contributed by atoms with E-state index in [-0.39, 0.29) is 6.07 Å². The molecule has 0 amide bonds. The maximum absolute atomic E-state index is 12.6. The zero-order valence-electron chi connectivity index (χ0n) is 8.84. The Hall–Kier alpha value is -1.64. The molecule has 0 aliphatic carbocycles. The van der Waals surface area contributed by atoms with E-state index >= 15 is 0 Å². The zero-order chi connectivity index (χ0) is 14.8. The third-order valence-electron chi connectivity index (χ3n) is 1.89. The first-order chi connectivity index (χ1) is 8.65. The molecular formula is C9H5ClF5NO3. The highest BCUT2D eigenvalue weighted by Crippen LogP contribution is 2.32. The van der Waals surface area contributed by atoms with Crippen LogP contribution in [-0.4, -0.2) is 22.4 Å². The fourth-order valence-electron chi connectivity index (χ4n) is 1.20. The van der Waals surface area contributed by atoms with Gasteiger partial charge in [0.05, 0.1) is 11.6 Å². The van der Waals surface area contributed by atoms with Crippen molar-refractivity contribution in [3.05, 3.63) is 23.0 Å². The van der Waals surface area contributed by atoms with E-state index < -0.39 is 47.3 Å². The predicted octanol–water partition coefficient (Wildman–Crippen LogP) is 3.35. The number of aromatic carboxylic acids is 1. The minimum atomic E-state index is -5.23. The number of rotatable bonds is 4. The highest BCUT2D eigenvalue weighted by atomic mass is 35.5. The largest absolute Gasteiger partial charge is 0.573 e. The third-order valence-corrected chi connectivity index (χ3v) is 2.14. The fourth-order valence-corrected chi connectivity index (χ4v) is 1.41. The Morgan fingerprint density at radius 3 is 2.42 bits per heavy atom. The number of hydrogen-bond acceptors (Lipinski definition) is 3. The highest BCUT2D eigenvalue weighted by Gasteiger charge is 2.34. The molecule has 1 heterocycles. The summed E-state index contributed by atoms with van der Waals surface area (Å²) >= 11 is 5.29. The minimum absolute atomic E-state index is 0.270. The lowest BCUT2D eigenvalue weighted by Crippen LogP contribution is -2.20. The van der Waals surface area contributed by atoms with Crippen molar-refractivity contribution >= 4 is 17.6 Å². The van der Waals surface area contributed by atoms with Crippen molar-refractivity contribution in [3.8, 4) is 5.75 Å². The van der Waals surface area contributed by atoms with E-state index in [4.69, 9.17) is 16.7 Å². The second kappa shape index (κ2) is 5.55. The van der Waals surface area contributed by atoms with Crippen molar-refractivity contribution in [2.75, 3.05) is 0 Å². The van der Waals surface area contributed by atoms with Crippen molar-refractivity contribution in [2.45, 2.75) is 18.7 Å². The van der Waals surface area contributed by atoms with Gasteiger partial charge in [-0.3, -0.25) is 0 Å². The van der Waals surface area contributed by atoms with E-state index in [1.807, 2.05) is 0 Å². The lowest BCUT2D eigenvalue weighted by molar-refractivity contribution is -0.274. The Kier molecular flexibility index (Phi) is 4.51. The van der Waals surface area contributed by atoms with Gasteiger partial charge in [-0.2, -0.15) is 0 Å². The number of pyridine rings is 1. The van der Waals surface area contributed by atoms with Gasteiger partial charge in [-0.1, -0.05) is 0 Å². The average molecular weight is 306 g/mol. The van der Waals surface area contributed by atoms with Crippen LogP contribution in [0.15, 0.2) is 6.07 Å². The van der Waals surface area contributed by atoms with E-state index in [2.05, 4.69) is 9.72 Å². The van der Waals surface area contributed by atoms with Crippen molar-refractivity contribution in [3.63, 3.8) is 0 Å². The van der Waals surface area contributed by atoms with E-state index in [1.165, 1.54) is 0 Å². The standard InChI is InChI=1S/C9H5ClF5NO3/c10-2-4-3(7(11)12)1-5(19-9(13,14)15)6(16-4)8(17)18/h1,7H,2H2,(H,17,18). The number of alkyl halides is 6. The quantitative estimate of drug-likeness (QED) is 0.684. The number of carbonyl (C=O) groups is 1. The van der Waals surface area contributed by atoms with Gasteiger partial charge in [-0.25, -0.2) is 18.6 Å². The van der Waals surface area contributed by atoms with Crippen LogP contribution in [0.1, 0.15) is 28.2 Å². The van der Waals surface area contributed by atoms with Crippen molar-refractivity contribution in [1.29, 1.82) is 0 Å². The molecule has 0 aliphatic heterocycles. The number of halogens is 6. The minimum Gasteiger partial charge on any atom is -0.476 e. The summed E-state index contributed by atoms with van der Waals surface area (Å²) in [6.07, 6.45) is -8.40. The average Bonchev–Trinajstić information content (AvgIpc) is 2.25. The number of hydrogen-bond donors (Lipinski definition) is 1. The van der Waals surface area contributed by atoms with E-state index in [0.29, 0.717) is 0 Å². The lowest BCUT2D eigenvalue weighted by Gasteiger charge is -2.14. The topological polar surface area (TPSA) is 59.4 Å². The van der Waals surface area contributed by atoms with Crippen LogP contribution in [0.2, 0.25) is 0 Å². The number of nitrogens with zero attached hydrogens (tertiary/aromatic N) is 1. The molecular weight excluding hydrogens is 301 g/mol. The van der Waals surface area contributed by atoms with Crippen molar-refractivity contribution < 1.29 is 36.6 Å². The summed E-state index contributed by atoms with van der Waals surface area (Å²) in [5.41, 5.74) is -2.58. The molecule has 1 aromatic heterocycles. The van der Waals surface area contributed by atoms with Crippen LogP contribution in [0.4, 0.5) is 22.0 Å². The Morgan fingerprint density at radius 1 is 1.47 bits per heavy atom. The Morgan fingerprint density at radius 2 is 2.05 bits per heavy atom. The molecule has 19 heavy (non-hydrogen) atoms. The smallest absolute Gasteiger partial charge is 0.476 e. The molecule has 0 unspecified atom stereocenters. The summed E-state index contributed by atoms with van der Waals surface area (Å²) < 4.78 is 64.6. The maximum Gasteiger partial charge on any atom is 0.573 e. The van der Waals surface area contributed by atoms with Gasteiger partial charge < -0.3 is 9.84 Å². The van der Waals surface area contributed by atoms with Gasteiger partial charge in [0, 0.05) is 5.56 Å². The fraction of sp³-hybridized carbons (Fsp3) is 0.333. The summed E-state index contributed by atoms with van der Waals surface area (Å²) in [6, 6.07) is 0.270. The van der Waals surface area contributed by atoms with Gasteiger partial charge in [0.15, 0.2) is 11.4 Å². The van der Waals surface area contributed by atoms with E-state index in [1.54, 1.807) is 0 Å². The van der Waals surface area contributed by atoms with Gasteiger partial charge in [-0.15, -0.1) is 24.8 Å². The number of carboxylic acids is 1. The highest BCUT2D eigenvalue weighted by molar-refractivity contribution is 6.17. The molecule has 0 bridgehead atoms. The first kappa shape index (κ1) is 15.4. The number of carboxylic acid groups (broad SMARTS) is 1. The van der Waals surface area contributed by atoms with Gasteiger partial charge in [0.1, 0.15) is 0 Å². The first-order valence-corrected chi connectivity index (χ1v) is 5.06. The van der Waals surface area contributed by atoms with E-state index in [9.17, 15) is 26.7 Å². The SMILES string of the molecule is O=C(O)c1nc(CCl)c(C(F)F)cc1OC(F)(F)F. The lowest BCUT2D eigenvalue weighted by atomic mass is 10.1. The zero-order valence-corrected chi connectivity index (χ0v) is 9.60. The normalized spacial score (nSPS) is 11.7. The molecule has 1 aromatic rings. The summed E-state index contributed by atoms with van der Waals surface area (Å²) in [7, 11) is 0. The summed E-state index contributed by atoms with van der Waals surface area (Å²) in [6.45, 7) is 0. The Balaban J connectivity index is 3.41. The molecule has 0 saturated heterocycles. The molecule has 1 rings (SSSR count). The van der Waals surface area contributed by atoms with Crippen LogP contribution in [0.3, 0.4) is 0 Å². The van der Waals surface area contributed by atoms with Crippen molar-refractivity contribution in [1.82, 2.24) is 4.98 Å². The van der Waals surface area contributed by atoms with Crippen LogP contribution in [0.25, 0.3) is 0 Å². The second-order valence-corrected chi connectivity index (χ2v) is 3.43. The van der Waals surface area contributed by atoms with Gasteiger partial charge in [0.2, 0.25) is 0 Å². The molecule has 4 nitrogen and oxygen atoms in total. The van der Waals surface area contributed by atoms with Crippen LogP contribution >= 0.6 is 11.6 Å². The first-order valence-electron chi connectivity index (χ1n) is 4.52. The Labute approximate surface area is 107 Å². The van der Waals surface area contributed by atoms with Gasteiger partial charge >= 0.3 is 12.3 Å². The molecule has 0 atom stereocenters. The molecule has 0 aromatic carbocycles.